The van der Waals surface area contributed by atoms with Crippen LogP contribution in [0.2, 0.25) is 5.02 Å². The summed E-state index contributed by atoms with van der Waals surface area (Å²) in [6.45, 7) is 2.40. The minimum absolute atomic E-state index is 0.260. The first-order chi connectivity index (χ1) is 8.19. The fraction of sp³-hybridized carbons (Fsp3) is 0.500. The molecule has 1 fully saturated rings. The molecule has 0 bridgehead atoms. The van der Waals surface area contributed by atoms with E-state index in [1.807, 2.05) is 18.2 Å². The van der Waals surface area contributed by atoms with Gasteiger partial charge in [0.25, 0.3) is 0 Å². The van der Waals surface area contributed by atoms with Gasteiger partial charge in [-0.1, -0.05) is 17.7 Å². The number of hydrogen-bond donors (Lipinski definition) is 1. The molecule has 2 rings (SSSR count). The van der Waals surface area contributed by atoms with Gasteiger partial charge in [-0.3, -0.25) is 4.90 Å². The Morgan fingerprint density at radius 3 is 2.82 bits per heavy atom. The molecule has 1 aliphatic rings. The van der Waals surface area contributed by atoms with Crippen LogP contribution in [-0.4, -0.2) is 37.7 Å². The molecule has 0 unspecified atom stereocenters. The lowest BCUT2D eigenvalue weighted by Crippen LogP contribution is -2.51. The highest BCUT2D eigenvalue weighted by molar-refractivity contribution is 6.32. The molecule has 0 saturated carbocycles. The van der Waals surface area contributed by atoms with Crippen molar-refractivity contribution in [2.75, 3.05) is 26.7 Å². The number of hydrogen-bond acceptors (Lipinski definition) is 4. The molecule has 17 heavy (non-hydrogen) atoms. The van der Waals surface area contributed by atoms with Crippen LogP contribution in [0.25, 0.3) is 0 Å². The van der Waals surface area contributed by atoms with Gasteiger partial charge in [-0.2, -0.15) is 0 Å². The Labute approximate surface area is 106 Å². The molecule has 94 valence electrons. The number of benzene rings is 1. The quantitative estimate of drug-likeness (QED) is 0.811. The van der Waals surface area contributed by atoms with Gasteiger partial charge in [-0.25, -0.2) is 5.90 Å². The van der Waals surface area contributed by atoms with Crippen LogP contribution in [0, 0.1) is 0 Å². The zero-order valence-corrected chi connectivity index (χ0v) is 10.6. The van der Waals surface area contributed by atoms with E-state index in [2.05, 4.69) is 16.8 Å². The van der Waals surface area contributed by atoms with Gasteiger partial charge in [0.05, 0.1) is 11.6 Å². The summed E-state index contributed by atoms with van der Waals surface area (Å²) >= 11 is 6.16. The molecule has 2 N–H and O–H groups in total. The zero-order valence-electron chi connectivity index (χ0n) is 9.86. The minimum atomic E-state index is 0.260. The maximum atomic E-state index is 6.16. The van der Waals surface area contributed by atoms with Crippen molar-refractivity contribution in [1.29, 1.82) is 0 Å². The Hall–Kier alpha value is -0.810. The third kappa shape index (κ3) is 3.33. The topological polar surface area (TPSA) is 47.7 Å². The van der Waals surface area contributed by atoms with Crippen molar-refractivity contribution in [2.24, 2.45) is 5.90 Å². The van der Waals surface area contributed by atoms with E-state index in [1.54, 1.807) is 0 Å². The molecule has 1 aromatic rings. The first kappa shape index (κ1) is 12.6. The van der Waals surface area contributed by atoms with Crippen LogP contribution in [0.4, 0.5) is 0 Å². The van der Waals surface area contributed by atoms with Crippen LogP contribution in [0.15, 0.2) is 18.2 Å². The van der Waals surface area contributed by atoms with Gasteiger partial charge in [-0.15, -0.1) is 0 Å². The monoisotopic (exact) mass is 256 g/mol. The fourth-order valence-corrected chi connectivity index (χ4v) is 2.12. The predicted octanol–water partition coefficient (Wildman–Crippen LogP) is 1.47. The van der Waals surface area contributed by atoms with E-state index in [0.29, 0.717) is 11.6 Å². The van der Waals surface area contributed by atoms with Gasteiger partial charge in [0.2, 0.25) is 0 Å². The van der Waals surface area contributed by atoms with Gasteiger partial charge in [0.15, 0.2) is 0 Å². The second-order valence-electron chi connectivity index (χ2n) is 4.35. The normalized spacial score (nSPS) is 16.9. The smallest absolute Gasteiger partial charge is 0.138 e. The zero-order chi connectivity index (χ0) is 12.3. The highest BCUT2D eigenvalue weighted by Crippen LogP contribution is 2.28. The van der Waals surface area contributed by atoms with Gasteiger partial charge in [-0.05, 0) is 31.2 Å². The number of rotatable bonds is 5. The van der Waals surface area contributed by atoms with E-state index in [9.17, 15) is 0 Å². The molecule has 0 atom stereocenters. The lowest BCUT2D eigenvalue weighted by atomic mass is 10.1. The van der Waals surface area contributed by atoms with Crippen molar-refractivity contribution in [3.05, 3.63) is 28.8 Å². The van der Waals surface area contributed by atoms with Gasteiger partial charge in [0.1, 0.15) is 11.9 Å². The van der Waals surface area contributed by atoms with Crippen molar-refractivity contribution in [2.45, 2.75) is 12.5 Å². The van der Waals surface area contributed by atoms with E-state index in [-0.39, 0.29) is 6.10 Å². The van der Waals surface area contributed by atoms with E-state index in [4.69, 9.17) is 22.2 Å². The fourth-order valence-electron chi connectivity index (χ4n) is 1.87. The van der Waals surface area contributed by atoms with Crippen LogP contribution in [0.5, 0.6) is 5.75 Å². The number of nitrogens with two attached hydrogens (primary N) is 1. The number of halogens is 1. The third-order valence-corrected chi connectivity index (χ3v) is 3.12. The van der Waals surface area contributed by atoms with Crippen molar-refractivity contribution in [3.8, 4) is 5.75 Å². The van der Waals surface area contributed by atoms with Crippen molar-refractivity contribution < 1.29 is 9.57 Å². The van der Waals surface area contributed by atoms with Crippen molar-refractivity contribution in [1.82, 2.24) is 4.90 Å². The number of nitrogens with zero attached hydrogens (tertiary/aromatic N) is 1. The number of likely N-dealkylation sites (N-methyl/N-ethyl adjacent to an activating group) is 1. The summed E-state index contributed by atoms with van der Waals surface area (Å²) in [6.07, 6.45) is 1.01. The minimum Gasteiger partial charge on any atom is -0.486 e. The molecule has 1 aliphatic heterocycles. The highest BCUT2D eigenvalue weighted by Gasteiger charge is 2.25. The maximum Gasteiger partial charge on any atom is 0.138 e. The summed E-state index contributed by atoms with van der Waals surface area (Å²) in [6, 6.07) is 5.80. The average molecular weight is 257 g/mol. The Bertz CT molecular complexity index is 381. The molecular formula is C12H17ClN2O2. The molecule has 1 aromatic carbocycles. The van der Waals surface area contributed by atoms with Crippen molar-refractivity contribution in [3.63, 3.8) is 0 Å². The summed E-state index contributed by atoms with van der Waals surface area (Å²) < 4.78 is 5.78. The Morgan fingerprint density at radius 1 is 1.47 bits per heavy atom. The largest absolute Gasteiger partial charge is 0.486 e. The first-order valence-corrected chi connectivity index (χ1v) is 6.02. The van der Waals surface area contributed by atoms with Crippen molar-refractivity contribution >= 4 is 11.6 Å². The molecule has 4 nitrogen and oxygen atoms in total. The van der Waals surface area contributed by atoms with E-state index in [0.717, 1.165) is 30.8 Å². The van der Waals surface area contributed by atoms with E-state index >= 15 is 0 Å². The standard InChI is InChI=1S/C12H17ClN2O2/c1-15-7-10(8-15)17-12-3-2-9(4-5-16-14)6-11(12)13/h2-3,6,10H,4-5,7-8,14H2,1H3. The van der Waals surface area contributed by atoms with Crippen LogP contribution in [-0.2, 0) is 11.3 Å². The van der Waals surface area contributed by atoms with E-state index < -0.39 is 0 Å². The van der Waals surface area contributed by atoms with Gasteiger partial charge >= 0.3 is 0 Å². The molecule has 0 spiro atoms. The van der Waals surface area contributed by atoms with Crippen LogP contribution in [0.1, 0.15) is 5.56 Å². The Kier molecular flexibility index (Phi) is 4.23. The third-order valence-electron chi connectivity index (χ3n) is 2.83. The number of likely N-dealkylation sites (tertiary alicyclic amines) is 1. The molecule has 1 heterocycles. The molecule has 0 amide bonds. The summed E-state index contributed by atoms with van der Waals surface area (Å²) in [4.78, 5) is 6.74. The van der Waals surface area contributed by atoms with Crippen LogP contribution in [0.3, 0.4) is 0 Å². The Balaban J connectivity index is 1.94. The molecule has 0 aliphatic carbocycles. The summed E-state index contributed by atoms with van der Waals surface area (Å²) in [7, 11) is 2.07. The van der Waals surface area contributed by atoms with Gasteiger partial charge < -0.3 is 9.57 Å². The van der Waals surface area contributed by atoms with Crippen LogP contribution >= 0.6 is 11.6 Å². The molecular weight excluding hydrogens is 240 g/mol. The lowest BCUT2D eigenvalue weighted by molar-refractivity contribution is 0.0389. The molecule has 5 heteroatoms. The number of ether oxygens (including phenoxy) is 1. The van der Waals surface area contributed by atoms with E-state index in [1.165, 1.54) is 0 Å². The predicted molar refractivity (Wildman–Crippen MR) is 67.2 cm³/mol. The lowest BCUT2D eigenvalue weighted by Gasteiger charge is -2.36. The van der Waals surface area contributed by atoms with Crippen LogP contribution < -0.4 is 10.6 Å². The SMILES string of the molecule is CN1CC(Oc2ccc(CCON)cc2Cl)C1. The van der Waals surface area contributed by atoms with Gasteiger partial charge in [0, 0.05) is 13.1 Å². The maximum absolute atomic E-state index is 6.16. The highest BCUT2D eigenvalue weighted by atomic mass is 35.5. The summed E-state index contributed by atoms with van der Waals surface area (Å²) in [5.74, 6) is 5.74. The average Bonchev–Trinajstić information content (AvgIpc) is 2.27. The Morgan fingerprint density at radius 2 is 2.24 bits per heavy atom. The molecule has 0 aromatic heterocycles. The first-order valence-electron chi connectivity index (χ1n) is 5.64. The second kappa shape index (κ2) is 5.69. The summed E-state index contributed by atoms with van der Waals surface area (Å²) in [5, 5.41) is 0.647. The molecule has 1 saturated heterocycles. The summed E-state index contributed by atoms with van der Waals surface area (Å²) in [5.41, 5.74) is 1.10. The molecule has 0 radical (unpaired) electrons. The second-order valence-corrected chi connectivity index (χ2v) is 4.75.